The Bertz CT molecular complexity index is 982. The molecular formula is C22H26N4O4. The number of hydrogen-bond donors (Lipinski definition) is 2. The molecule has 1 unspecified atom stereocenters. The van der Waals surface area contributed by atoms with Crippen LogP contribution in [0.2, 0.25) is 0 Å². The topological polar surface area (TPSA) is 94.0 Å². The molecular weight excluding hydrogens is 384 g/mol. The Morgan fingerprint density at radius 3 is 2.73 bits per heavy atom. The highest BCUT2D eigenvalue weighted by molar-refractivity contribution is 5.96. The van der Waals surface area contributed by atoms with Gasteiger partial charge < -0.3 is 24.5 Å². The van der Waals surface area contributed by atoms with E-state index in [9.17, 15) is 9.59 Å². The minimum Gasteiger partial charge on any atom is -0.487 e. The quantitative estimate of drug-likeness (QED) is 0.592. The first-order valence-corrected chi connectivity index (χ1v) is 9.86. The maximum atomic E-state index is 12.6. The summed E-state index contributed by atoms with van der Waals surface area (Å²) in [6.45, 7) is 5.96. The number of carbonyl (C=O) groups is 2. The number of anilines is 1. The van der Waals surface area contributed by atoms with Crippen molar-refractivity contribution < 1.29 is 19.1 Å². The van der Waals surface area contributed by atoms with Gasteiger partial charge in [-0.25, -0.2) is 9.78 Å². The molecule has 158 valence electrons. The Morgan fingerprint density at radius 2 is 2.00 bits per heavy atom. The normalized spacial score (nSPS) is 11.9. The summed E-state index contributed by atoms with van der Waals surface area (Å²) in [5.41, 5.74) is 2.23. The molecule has 0 fully saturated rings. The van der Waals surface area contributed by atoms with Crippen LogP contribution < -0.4 is 15.4 Å². The number of benzene rings is 1. The Labute approximate surface area is 175 Å². The Kier molecular flexibility index (Phi) is 6.90. The molecule has 0 aliphatic rings. The number of nitrogens with one attached hydrogen (secondary N) is 2. The summed E-state index contributed by atoms with van der Waals surface area (Å²) in [4.78, 5) is 28.9. The molecule has 2 N–H and O–H groups in total. The van der Waals surface area contributed by atoms with Crippen molar-refractivity contribution in [3.63, 3.8) is 0 Å². The second-order valence-electron chi connectivity index (χ2n) is 7.09. The van der Waals surface area contributed by atoms with Gasteiger partial charge in [-0.2, -0.15) is 0 Å². The van der Waals surface area contributed by atoms with Gasteiger partial charge >= 0.3 is 6.09 Å². The van der Waals surface area contributed by atoms with Crippen molar-refractivity contribution in [3.8, 4) is 5.75 Å². The molecule has 0 radical (unpaired) electrons. The number of pyridine rings is 1. The molecule has 0 saturated carbocycles. The van der Waals surface area contributed by atoms with Crippen molar-refractivity contribution in [2.24, 2.45) is 5.92 Å². The van der Waals surface area contributed by atoms with Crippen molar-refractivity contribution in [2.75, 3.05) is 11.9 Å². The van der Waals surface area contributed by atoms with Crippen molar-refractivity contribution in [1.82, 2.24) is 14.7 Å². The van der Waals surface area contributed by atoms with Crippen LogP contribution >= 0.6 is 0 Å². The zero-order valence-electron chi connectivity index (χ0n) is 17.3. The van der Waals surface area contributed by atoms with Crippen molar-refractivity contribution in [1.29, 1.82) is 0 Å². The fraction of sp³-hybridized carbons (Fsp3) is 0.318. The molecule has 2 aromatic heterocycles. The molecule has 0 aliphatic heterocycles. The first kappa shape index (κ1) is 21.2. The van der Waals surface area contributed by atoms with Crippen LogP contribution in [-0.4, -0.2) is 34.0 Å². The second kappa shape index (κ2) is 9.78. The molecule has 0 aliphatic carbocycles. The van der Waals surface area contributed by atoms with E-state index in [0.29, 0.717) is 18.0 Å². The molecule has 1 aromatic carbocycles. The maximum absolute atomic E-state index is 12.6. The van der Waals surface area contributed by atoms with Crippen LogP contribution in [0.5, 0.6) is 5.75 Å². The van der Waals surface area contributed by atoms with Crippen LogP contribution in [0.15, 0.2) is 54.9 Å². The number of alkyl carbamates (subject to hydrolysis) is 1. The number of aromatic nitrogens is 2. The Balaban J connectivity index is 1.62. The number of hydrogen-bond acceptors (Lipinski definition) is 5. The van der Waals surface area contributed by atoms with E-state index >= 15 is 0 Å². The molecule has 8 heteroatoms. The third-order valence-electron chi connectivity index (χ3n) is 4.40. The maximum Gasteiger partial charge on any atom is 0.407 e. The first-order chi connectivity index (χ1) is 14.5. The third-order valence-corrected chi connectivity index (χ3v) is 4.40. The molecule has 0 bridgehead atoms. The van der Waals surface area contributed by atoms with Gasteiger partial charge in [0.15, 0.2) is 0 Å². The Hall–Kier alpha value is -3.55. The largest absolute Gasteiger partial charge is 0.487 e. The monoisotopic (exact) mass is 410 g/mol. The lowest BCUT2D eigenvalue weighted by Gasteiger charge is -2.21. The molecule has 0 saturated heterocycles. The molecule has 30 heavy (non-hydrogen) atoms. The van der Waals surface area contributed by atoms with E-state index in [1.54, 1.807) is 25.1 Å². The minimum atomic E-state index is -0.716. The van der Waals surface area contributed by atoms with Gasteiger partial charge in [0.1, 0.15) is 24.0 Å². The van der Waals surface area contributed by atoms with Crippen LogP contribution in [-0.2, 0) is 16.1 Å². The van der Waals surface area contributed by atoms with E-state index in [1.165, 1.54) is 0 Å². The average molecular weight is 410 g/mol. The van der Waals surface area contributed by atoms with Crippen LogP contribution in [0.25, 0.3) is 5.65 Å². The first-order valence-electron chi connectivity index (χ1n) is 9.86. The van der Waals surface area contributed by atoms with Crippen molar-refractivity contribution in [2.45, 2.75) is 33.4 Å². The van der Waals surface area contributed by atoms with E-state index in [2.05, 4.69) is 15.6 Å². The van der Waals surface area contributed by atoms with Crippen LogP contribution in [0.4, 0.5) is 10.5 Å². The molecule has 0 spiro atoms. The average Bonchev–Trinajstić information content (AvgIpc) is 3.14. The van der Waals surface area contributed by atoms with Gasteiger partial charge in [0.2, 0.25) is 5.91 Å². The van der Waals surface area contributed by atoms with E-state index in [0.717, 1.165) is 11.3 Å². The molecule has 2 heterocycles. The number of ether oxygens (including phenoxy) is 2. The number of nitrogens with zero attached hydrogens (tertiary/aromatic N) is 2. The van der Waals surface area contributed by atoms with Gasteiger partial charge in [-0.1, -0.05) is 26.0 Å². The van der Waals surface area contributed by atoms with Gasteiger partial charge in [0.25, 0.3) is 0 Å². The minimum absolute atomic E-state index is 0.108. The summed E-state index contributed by atoms with van der Waals surface area (Å²) in [5.74, 6) is 0.170. The van der Waals surface area contributed by atoms with Gasteiger partial charge in [-0.3, -0.25) is 4.79 Å². The summed E-state index contributed by atoms with van der Waals surface area (Å²) >= 11 is 0. The van der Waals surface area contributed by atoms with E-state index in [4.69, 9.17) is 9.47 Å². The summed E-state index contributed by atoms with van der Waals surface area (Å²) < 4.78 is 12.6. The zero-order valence-corrected chi connectivity index (χ0v) is 17.3. The summed E-state index contributed by atoms with van der Waals surface area (Å²) in [6, 6.07) is 12.2. The van der Waals surface area contributed by atoms with Gasteiger partial charge in [-0.15, -0.1) is 0 Å². The molecule has 3 rings (SSSR count). The van der Waals surface area contributed by atoms with Crippen LogP contribution in [0.1, 0.15) is 26.5 Å². The fourth-order valence-corrected chi connectivity index (χ4v) is 2.93. The molecule has 8 nitrogen and oxygen atoms in total. The number of carbonyl (C=O) groups excluding carboxylic acids is 2. The third kappa shape index (κ3) is 5.50. The van der Waals surface area contributed by atoms with Crippen molar-refractivity contribution >= 4 is 23.3 Å². The highest BCUT2D eigenvalue weighted by Gasteiger charge is 2.24. The zero-order chi connectivity index (χ0) is 21.5. The summed E-state index contributed by atoms with van der Waals surface area (Å²) in [5, 5.41) is 5.42. The van der Waals surface area contributed by atoms with Gasteiger partial charge in [-0.05, 0) is 37.1 Å². The number of rotatable bonds is 8. The highest BCUT2D eigenvalue weighted by Crippen LogP contribution is 2.19. The van der Waals surface area contributed by atoms with Gasteiger partial charge in [0, 0.05) is 24.1 Å². The second-order valence-corrected chi connectivity index (χ2v) is 7.09. The van der Waals surface area contributed by atoms with Crippen LogP contribution in [0, 0.1) is 5.92 Å². The lowest BCUT2D eigenvalue weighted by Crippen LogP contribution is -2.47. The fourth-order valence-electron chi connectivity index (χ4n) is 2.93. The lowest BCUT2D eigenvalue weighted by molar-refractivity contribution is -0.119. The lowest BCUT2D eigenvalue weighted by atomic mass is 10.0. The van der Waals surface area contributed by atoms with E-state index in [-0.39, 0.29) is 18.4 Å². The van der Waals surface area contributed by atoms with E-state index < -0.39 is 12.1 Å². The van der Waals surface area contributed by atoms with Crippen LogP contribution in [0.3, 0.4) is 0 Å². The van der Waals surface area contributed by atoms with E-state index in [1.807, 2.05) is 54.9 Å². The van der Waals surface area contributed by atoms with Gasteiger partial charge in [0.05, 0.1) is 12.3 Å². The SMILES string of the molecule is CCOC(=O)NC(C(=O)Nc1cccc(OCc2cn3ccccc3n2)c1)C(C)C. The molecule has 3 aromatic rings. The smallest absolute Gasteiger partial charge is 0.407 e. The molecule has 2 amide bonds. The summed E-state index contributed by atoms with van der Waals surface area (Å²) in [6.07, 6.45) is 3.23. The molecule has 1 atom stereocenters. The standard InChI is InChI=1S/C22H26N4O4/c1-4-29-22(28)25-20(15(2)3)21(27)24-16-8-7-9-18(12-16)30-14-17-13-26-11-6-5-10-19(26)23-17/h5-13,15,20H,4,14H2,1-3H3,(H,24,27)(H,25,28). The number of fused-ring (bicyclic) bond motifs is 1. The predicted octanol–water partition coefficient (Wildman–Crippen LogP) is 3.62. The highest BCUT2D eigenvalue weighted by atomic mass is 16.5. The number of amides is 2. The number of imidazole rings is 1. The summed E-state index contributed by atoms with van der Waals surface area (Å²) in [7, 11) is 0. The Morgan fingerprint density at radius 1 is 1.17 bits per heavy atom. The predicted molar refractivity (Wildman–Crippen MR) is 113 cm³/mol. The van der Waals surface area contributed by atoms with Crippen molar-refractivity contribution in [3.05, 3.63) is 60.6 Å².